The van der Waals surface area contributed by atoms with Crippen LogP contribution >= 0.6 is 0 Å². The summed E-state index contributed by atoms with van der Waals surface area (Å²) in [6.07, 6.45) is 3.83. The van der Waals surface area contributed by atoms with Crippen LogP contribution < -0.4 is 14.8 Å². The Kier molecular flexibility index (Phi) is 6.44. The van der Waals surface area contributed by atoms with Crippen molar-refractivity contribution < 1.29 is 14.3 Å². The number of ether oxygens (including phenoxy) is 2. The van der Waals surface area contributed by atoms with Crippen LogP contribution in [0.2, 0.25) is 0 Å². The van der Waals surface area contributed by atoms with Crippen LogP contribution in [0.15, 0.2) is 72.9 Å². The zero-order valence-corrected chi connectivity index (χ0v) is 20.0. The first kappa shape index (κ1) is 22.6. The number of nitrogens with one attached hydrogen (secondary N) is 3. The maximum Gasteiger partial charge on any atom is 0.220 e. The van der Waals surface area contributed by atoms with Gasteiger partial charge in [0.15, 0.2) is 11.5 Å². The number of hydrogen-bond donors (Lipinski definition) is 3. The van der Waals surface area contributed by atoms with E-state index < -0.39 is 0 Å². The van der Waals surface area contributed by atoms with E-state index in [-0.39, 0.29) is 5.91 Å². The Bertz CT molecular complexity index is 1480. The second-order valence-corrected chi connectivity index (χ2v) is 8.59. The summed E-state index contributed by atoms with van der Waals surface area (Å²) in [6.45, 7) is 0.567. The average molecular weight is 468 g/mol. The highest BCUT2D eigenvalue weighted by Gasteiger charge is 2.15. The first-order valence-electron chi connectivity index (χ1n) is 11.8. The summed E-state index contributed by atoms with van der Waals surface area (Å²) in [5.41, 5.74) is 6.56. The molecule has 2 heterocycles. The van der Waals surface area contributed by atoms with Crippen molar-refractivity contribution in [1.29, 1.82) is 0 Å². The summed E-state index contributed by atoms with van der Waals surface area (Å²) >= 11 is 0. The zero-order valence-electron chi connectivity index (χ0n) is 20.0. The van der Waals surface area contributed by atoms with Gasteiger partial charge in [-0.25, -0.2) is 0 Å². The fourth-order valence-electron chi connectivity index (χ4n) is 4.63. The minimum absolute atomic E-state index is 0.0617. The van der Waals surface area contributed by atoms with Crippen molar-refractivity contribution in [2.24, 2.45) is 0 Å². The Morgan fingerprint density at radius 1 is 0.886 bits per heavy atom. The highest BCUT2D eigenvalue weighted by molar-refractivity contribution is 5.91. The van der Waals surface area contributed by atoms with Crippen molar-refractivity contribution in [3.63, 3.8) is 0 Å². The molecule has 6 nitrogen and oxygen atoms in total. The van der Waals surface area contributed by atoms with Gasteiger partial charge in [-0.3, -0.25) is 4.79 Å². The van der Waals surface area contributed by atoms with Crippen molar-refractivity contribution in [3.8, 4) is 22.8 Å². The van der Waals surface area contributed by atoms with Gasteiger partial charge in [0, 0.05) is 46.8 Å². The molecule has 0 saturated carbocycles. The highest BCUT2D eigenvalue weighted by atomic mass is 16.5. The lowest BCUT2D eigenvalue weighted by atomic mass is 10.0. The quantitative estimate of drug-likeness (QED) is 0.263. The number of aromatic nitrogens is 2. The van der Waals surface area contributed by atoms with Crippen LogP contribution in [0.1, 0.15) is 17.5 Å². The Balaban J connectivity index is 1.28. The van der Waals surface area contributed by atoms with Gasteiger partial charge in [-0.05, 0) is 71.8 Å². The smallest absolute Gasteiger partial charge is 0.220 e. The number of carbonyl (C=O) groups excluding carboxylic acids is 1. The number of amides is 1. The van der Waals surface area contributed by atoms with E-state index in [9.17, 15) is 4.79 Å². The van der Waals surface area contributed by atoms with E-state index in [1.54, 1.807) is 14.2 Å². The Morgan fingerprint density at radius 3 is 2.60 bits per heavy atom. The van der Waals surface area contributed by atoms with Gasteiger partial charge in [-0.1, -0.05) is 24.3 Å². The fourth-order valence-corrected chi connectivity index (χ4v) is 4.63. The molecule has 35 heavy (non-hydrogen) atoms. The summed E-state index contributed by atoms with van der Waals surface area (Å²) in [5, 5.41) is 5.43. The van der Waals surface area contributed by atoms with E-state index in [0.29, 0.717) is 24.5 Å². The van der Waals surface area contributed by atoms with Gasteiger partial charge in [0.05, 0.1) is 14.2 Å². The molecule has 2 aromatic heterocycles. The predicted octanol–water partition coefficient (Wildman–Crippen LogP) is 5.62. The van der Waals surface area contributed by atoms with Crippen molar-refractivity contribution in [2.45, 2.75) is 19.3 Å². The van der Waals surface area contributed by atoms with E-state index in [4.69, 9.17) is 9.47 Å². The molecule has 178 valence electrons. The topological polar surface area (TPSA) is 79.1 Å². The number of methoxy groups -OCH3 is 2. The second kappa shape index (κ2) is 9.97. The molecular formula is C29H29N3O3. The fraction of sp³-hybridized carbons (Fsp3) is 0.207. The molecule has 0 saturated heterocycles. The van der Waals surface area contributed by atoms with Crippen LogP contribution in [-0.2, 0) is 17.6 Å². The number of benzene rings is 3. The Labute approximate surface area is 204 Å². The van der Waals surface area contributed by atoms with E-state index in [2.05, 4.69) is 51.7 Å². The molecule has 0 aliphatic rings. The molecular weight excluding hydrogens is 438 g/mol. The third kappa shape index (κ3) is 4.73. The molecule has 5 aromatic rings. The monoisotopic (exact) mass is 467 g/mol. The van der Waals surface area contributed by atoms with Crippen LogP contribution in [0, 0.1) is 0 Å². The summed E-state index contributed by atoms with van der Waals surface area (Å²) in [6, 6.07) is 22.5. The van der Waals surface area contributed by atoms with E-state index in [1.165, 1.54) is 16.5 Å². The average Bonchev–Trinajstić information content (AvgIpc) is 3.51. The standard InChI is InChI=1S/C29H29N3O3/c1-34-26-11-9-21(18-27(26)35-2)29-23(22-5-3-4-6-25(22)32-29)14-16-31-28(33)12-8-19-7-10-24-20(17-19)13-15-30-24/h3-7,9-11,13,15,17-18,30,32H,8,12,14,16H2,1-2H3,(H,31,33). The summed E-state index contributed by atoms with van der Waals surface area (Å²) < 4.78 is 10.9. The molecule has 0 bridgehead atoms. The molecule has 6 heteroatoms. The van der Waals surface area contributed by atoms with Crippen LogP contribution in [0.4, 0.5) is 0 Å². The minimum Gasteiger partial charge on any atom is -0.493 e. The molecule has 0 aliphatic heterocycles. The van der Waals surface area contributed by atoms with Crippen molar-refractivity contribution in [1.82, 2.24) is 15.3 Å². The number of aromatic amines is 2. The summed E-state index contributed by atoms with van der Waals surface area (Å²) in [5.74, 6) is 1.43. The van der Waals surface area contributed by atoms with Gasteiger partial charge in [0.2, 0.25) is 5.91 Å². The lowest BCUT2D eigenvalue weighted by Gasteiger charge is -2.11. The number of para-hydroxylation sites is 1. The highest BCUT2D eigenvalue weighted by Crippen LogP contribution is 2.36. The van der Waals surface area contributed by atoms with Crippen molar-refractivity contribution >= 4 is 27.7 Å². The number of carbonyl (C=O) groups is 1. The minimum atomic E-state index is 0.0617. The zero-order chi connectivity index (χ0) is 24.2. The Hall–Kier alpha value is -4.19. The Morgan fingerprint density at radius 2 is 1.74 bits per heavy atom. The largest absolute Gasteiger partial charge is 0.493 e. The third-order valence-corrected chi connectivity index (χ3v) is 6.44. The van der Waals surface area contributed by atoms with E-state index in [0.717, 1.165) is 40.5 Å². The first-order chi connectivity index (χ1) is 17.2. The summed E-state index contributed by atoms with van der Waals surface area (Å²) in [7, 11) is 3.27. The molecule has 5 rings (SSSR count). The van der Waals surface area contributed by atoms with Gasteiger partial charge in [-0.15, -0.1) is 0 Å². The molecule has 3 N–H and O–H groups in total. The number of H-pyrrole nitrogens is 2. The molecule has 1 amide bonds. The van der Waals surface area contributed by atoms with Crippen molar-refractivity contribution in [2.75, 3.05) is 20.8 Å². The van der Waals surface area contributed by atoms with E-state index >= 15 is 0 Å². The van der Waals surface area contributed by atoms with Gasteiger partial charge in [-0.2, -0.15) is 0 Å². The third-order valence-electron chi connectivity index (χ3n) is 6.44. The van der Waals surface area contributed by atoms with E-state index in [1.807, 2.05) is 36.5 Å². The maximum atomic E-state index is 12.6. The number of rotatable bonds is 9. The van der Waals surface area contributed by atoms with Gasteiger partial charge < -0.3 is 24.8 Å². The van der Waals surface area contributed by atoms with Crippen LogP contribution in [0.25, 0.3) is 33.1 Å². The van der Waals surface area contributed by atoms with Gasteiger partial charge >= 0.3 is 0 Å². The molecule has 0 fully saturated rings. The first-order valence-corrected chi connectivity index (χ1v) is 11.8. The van der Waals surface area contributed by atoms with Crippen molar-refractivity contribution in [3.05, 3.63) is 84.1 Å². The van der Waals surface area contributed by atoms with Crippen LogP contribution in [0.3, 0.4) is 0 Å². The number of fused-ring (bicyclic) bond motifs is 2. The molecule has 0 spiro atoms. The van der Waals surface area contributed by atoms with Gasteiger partial charge in [0.1, 0.15) is 0 Å². The van der Waals surface area contributed by atoms with Crippen LogP contribution in [0.5, 0.6) is 11.5 Å². The lowest BCUT2D eigenvalue weighted by Crippen LogP contribution is -2.26. The molecule has 0 radical (unpaired) electrons. The summed E-state index contributed by atoms with van der Waals surface area (Å²) in [4.78, 5) is 19.3. The molecule has 0 aliphatic carbocycles. The molecule has 3 aromatic carbocycles. The predicted molar refractivity (Wildman–Crippen MR) is 140 cm³/mol. The van der Waals surface area contributed by atoms with Crippen LogP contribution in [-0.4, -0.2) is 36.6 Å². The normalized spacial score (nSPS) is 11.1. The second-order valence-electron chi connectivity index (χ2n) is 8.59. The maximum absolute atomic E-state index is 12.6. The molecule has 0 atom stereocenters. The van der Waals surface area contributed by atoms with Gasteiger partial charge in [0.25, 0.3) is 0 Å². The lowest BCUT2D eigenvalue weighted by molar-refractivity contribution is -0.121. The number of aryl methyl sites for hydroxylation is 1. The SMILES string of the molecule is COc1ccc(-c2[nH]c3ccccc3c2CCNC(=O)CCc2ccc3[nH]ccc3c2)cc1OC. The molecule has 0 unspecified atom stereocenters. The number of hydrogen-bond acceptors (Lipinski definition) is 3.